The summed E-state index contributed by atoms with van der Waals surface area (Å²) >= 11 is 1.69. The Hall–Kier alpha value is -1.39. The van der Waals surface area contributed by atoms with E-state index in [1.165, 1.54) is 5.56 Å². The molecule has 2 aromatic rings. The largest absolute Gasteiger partial charge is 0.493 e. The second-order valence-electron chi connectivity index (χ2n) is 6.46. The minimum Gasteiger partial charge on any atom is -0.493 e. The third kappa shape index (κ3) is 3.93. The predicted octanol–water partition coefficient (Wildman–Crippen LogP) is 5.18. The Morgan fingerprint density at radius 1 is 1.30 bits per heavy atom. The zero-order chi connectivity index (χ0) is 17.0. The van der Waals surface area contributed by atoms with Crippen molar-refractivity contribution in [3.8, 4) is 17.0 Å². The van der Waals surface area contributed by atoms with E-state index in [1.807, 2.05) is 14.0 Å². The molecule has 1 atom stereocenters. The smallest absolute Gasteiger partial charge is 0.128 e. The van der Waals surface area contributed by atoms with Gasteiger partial charge >= 0.3 is 0 Å². The Kier molecular flexibility index (Phi) is 5.82. The molecule has 1 unspecified atom stereocenters. The summed E-state index contributed by atoms with van der Waals surface area (Å²) in [6, 6.07) is 6.78. The Morgan fingerprint density at radius 3 is 2.65 bits per heavy atom. The average Bonchev–Trinajstić information content (AvgIpc) is 3.04. The molecule has 0 fully saturated rings. The maximum Gasteiger partial charge on any atom is 0.128 e. The van der Waals surface area contributed by atoms with Crippen molar-refractivity contribution >= 4 is 11.3 Å². The van der Waals surface area contributed by atoms with Crippen molar-refractivity contribution in [3.63, 3.8) is 0 Å². The van der Waals surface area contributed by atoms with Crippen LogP contribution in [0.25, 0.3) is 11.3 Å². The van der Waals surface area contributed by atoms with Gasteiger partial charge in [0.2, 0.25) is 0 Å². The molecule has 3 nitrogen and oxygen atoms in total. The van der Waals surface area contributed by atoms with Crippen molar-refractivity contribution in [2.75, 3.05) is 13.7 Å². The molecule has 0 aliphatic rings. The summed E-state index contributed by atoms with van der Waals surface area (Å²) in [5.74, 6) is 0.914. The van der Waals surface area contributed by atoms with E-state index in [1.54, 1.807) is 11.3 Å². The molecule has 0 spiro atoms. The number of hydrogen-bond donors (Lipinski definition) is 1. The van der Waals surface area contributed by atoms with E-state index in [9.17, 15) is 0 Å². The number of thiazole rings is 1. The molecule has 1 aromatic carbocycles. The van der Waals surface area contributed by atoms with Crippen LogP contribution in [0.2, 0.25) is 0 Å². The van der Waals surface area contributed by atoms with Crippen LogP contribution in [0.3, 0.4) is 0 Å². The van der Waals surface area contributed by atoms with Gasteiger partial charge < -0.3 is 10.1 Å². The molecule has 0 aliphatic carbocycles. The van der Waals surface area contributed by atoms with Crippen molar-refractivity contribution < 1.29 is 4.74 Å². The average molecular weight is 333 g/mol. The van der Waals surface area contributed by atoms with Gasteiger partial charge in [-0.05, 0) is 50.4 Å². The highest BCUT2D eigenvalue weighted by atomic mass is 32.1. The van der Waals surface area contributed by atoms with E-state index in [4.69, 9.17) is 9.72 Å². The Labute approximate surface area is 144 Å². The zero-order valence-corrected chi connectivity index (χ0v) is 15.9. The SMILES string of the molecule is CCOc1ccc(C(C)(C)CC)cc1-c1csc(C(C)NC)n1. The molecule has 0 amide bonds. The van der Waals surface area contributed by atoms with Crippen LogP contribution in [-0.4, -0.2) is 18.6 Å². The second kappa shape index (κ2) is 7.45. The lowest BCUT2D eigenvalue weighted by molar-refractivity contribution is 0.341. The molecule has 0 aliphatic heterocycles. The minimum atomic E-state index is 0.149. The highest BCUT2D eigenvalue weighted by Crippen LogP contribution is 2.37. The van der Waals surface area contributed by atoms with Gasteiger partial charge in [0, 0.05) is 10.9 Å². The van der Waals surface area contributed by atoms with E-state index in [2.05, 4.69) is 56.6 Å². The molecule has 23 heavy (non-hydrogen) atoms. The molecule has 0 radical (unpaired) electrons. The van der Waals surface area contributed by atoms with Crippen molar-refractivity contribution in [1.82, 2.24) is 10.3 Å². The Morgan fingerprint density at radius 2 is 2.04 bits per heavy atom. The molecule has 1 N–H and O–H groups in total. The van der Waals surface area contributed by atoms with Gasteiger partial charge in [-0.1, -0.05) is 26.8 Å². The van der Waals surface area contributed by atoms with Crippen LogP contribution in [0, 0.1) is 0 Å². The fraction of sp³-hybridized carbons (Fsp3) is 0.526. The summed E-state index contributed by atoms with van der Waals surface area (Å²) in [6.45, 7) is 11.6. The van der Waals surface area contributed by atoms with Gasteiger partial charge in [-0.3, -0.25) is 0 Å². The minimum absolute atomic E-state index is 0.149. The van der Waals surface area contributed by atoms with Crippen molar-refractivity contribution in [1.29, 1.82) is 0 Å². The number of hydrogen-bond acceptors (Lipinski definition) is 4. The molecule has 1 heterocycles. The first-order valence-corrected chi connectivity index (χ1v) is 9.21. The van der Waals surface area contributed by atoms with Crippen molar-refractivity contribution in [2.24, 2.45) is 0 Å². The quantitative estimate of drug-likeness (QED) is 0.759. The topological polar surface area (TPSA) is 34.1 Å². The number of ether oxygens (including phenoxy) is 1. The van der Waals surface area contributed by atoms with Crippen LogP contribution in [0.1, 0.15) is 57.7 Å². The van der Waals surface area contributed by atoms with Crippen LogP contribution in [0.15, 0.2) is 23.6 Å². The molecule has 4 heteroatoms. The van der Waals surface area contributed by atoms with Crippen LogP contribution >= 0.6 is 11.3 Å². The number of benzene rings is 1. The molecular formula is C19H28N2OS. The Bertz CT molecular complexity index is 649. The van der Waals surface area contributed by atoms with Crippen LogP contribution < -0.4 is 10.1 Å². The lowest BCUT2D eigenvalue weighted by Gasteiger charge is -2.24. The lowest BCUT2D eigenvalue weighted by atomic mass is 9.81. The first-order chi connectivity index (χ1) is 10.9. The summed E-state index contributed by atoms with van der Waals surface area (Å²) in [5.41, 5.74) is 3.58. The van der Waals surface area contributed by atoms with Gasteiger partial charge in [-0.25, -0.2) is 4.98 Å². The highest BCUT2D eigenvalue weighted by Gasteiger charge is 2.21. The first kappa shape index (κ1) is 18.0. The molecule has 2 rings (SSSR count). The normalized spacial score (nSPS) is 13.1. The van der Waals surface area contributed by atoms with Crippen LogP contribution in [0.4, 0.5) is 0 Å². The van der Waals surface area contributed by atoms with Crippen molar-refractivity contribution in [2.45, 2.75) is 52.5 Å². The third-order valence-electron chi connectivity index (χ3n) is 4.55. The molecule has 0 bridgehead atoms. The standard InChI is InChI=1S/C19H28N2OS/c1-7-19(4,5)14-9-10-17(22-8-2)15(11-14)16-12-23-18(21-16)13(3)20-6/h9-13,20H,7-8H2,1-6H3. The van der Waals surface area contributed by atoms with E-state index in [0.29, 0.717) is 6.61 Å². The first-order valence-electron chi connectivity index (χ1n) is 8.33. The number of nitrogens with one attached hydrogen (secondary N) is 1. The summed E-state index contributed by atoms with van der Waals surface area (Å²) in [6.07, 6.45) is 1.10. The van der Waals surface area contributed by atoms with Gasteiger partial charge in [0.1, 0.15) is 10.8 Å². The lowest BCUT2D eigenvalue weighted by Crippen LogP contribution is -2.15. The second-order valence-corrected chi connectivity index (χ2v) is 7.35. The third-order valence-corrected chi connectivity index (χ3v) is 5.57. The molecular weight excluding hydrogens is 304 g/mol. The molecule has 0 saturated carbocycles. The molecule has 1 aromatic heterocycles. The van der Waals surface area contributed by atoms with E-state index >= 15 is 0 Å². The molecule has 0 saturated heterocycles. The van der Waals surface area contributed by atoms with Gasteiger partial charge in [-0.15, -0.1) is 11.3 Å². The number of aromatic nitrogens is 1. The predicted molar refractivity (Wildman–Crippen MR) is 99.5 cm³/mol. The summed E-state index contributed by atoms with van der Waals surface area (Å²) < 4.78 is 5.84. The van der Waals surface area contributed by atoms with E-state index in [0.717, 1.165) is 28.4 Å². The summed E-state index contributed by atoms with van der Waals surface area (Å²) in [5, 5.41) is 6.48. The maximum absolute atomic E-state index is 5.84. The number of nitrogens with zero attached hydrogens (tertiary/aromatic N) is 1. The summed E-state index contributed by atoms with van der Waals surface area (Å²) in [7, 11) is 1.96. The van der Waals surface area contributed by atoms with Gasteiger partial charge in [0.25, 0.3) is 0 Å². The van der Waals surface area contributed by atoms with E-state index in [-0.39, 0.29) is 11.5 Å². The van der Waals surface area contributed by atoms with Gasteiger partial charge in [0.15, 0.2) is 0 Å². The number of rotatable bonds is 7. The van der Waals surface area contributed by atoms with E-state index < -0.39 is 0 Å². The fourth-order valence-corrected chi connectivity index (χ4v) is 3.26. The Balaban J connectivity index is 2.49. The van der Waals surface area contributed by atoms with Crippen LogP contribution in [0.5, 0.6) is 5.75 Å². The van der Waals surface area contributed by atoms with Crippen LogP contribution in [-0.2, 0) is 5.41 Å². The fourth-order valence-electron chi connectivity index (χ4n) is 2.37. The maximum atomic E-state index is 5.84. The highest BCUT2D eigenvalue weighted by molar-refractivity contribution is 7.10. The van der Waals surface area contributed by atoms with Gasteiger partial charge in [0.05, 0.1) is 18.3 Å². The van der Waals surface area contributed by atoms with Gasteiger partial charge in [-0.2, -0.15) is 0 Å². The zero-order valence-electron chi connectivity index (χ0n) is 15.1. The van der Waals surface area contributed by atoms with Crippen molar-refractivity contribution in [3.05, 3.63) is 34.2 Å². The monoisotopic (exact) mass is 332 g/mol. The molecule has 126 valence electrons. The summed E-state index contributed by atoms with van der Waals surface area (Å²) in [4.78, 5) is 4.82.